The van der Waals surface area contributed by atoms with Gasteiger partial charge in [0.25, 0.3) is 0 Å². The second-order valence-electron chi connectivity index (χ2n) is 6.76. The van der Waals surface area contributed by atoms with E-state index < -0.39 is 6.61 Å². The first-order valence-corrected chi connectivity index (χ1v) is 8.45. The SMILES string of the molecule is C[C@@H]1C[C@@H](C)CN(CC(=O)NCCc2ccc(OC(F)F)cc2)C1. The number of rotatable bonds is 7. The van der Waals surface area contributed by atoms with Gasteiger partial charge in [0, 0.05) is 19.6 Å². The fraction of sp³-hybridized carbons (Fsp3) is 0.611. The van der Waals surface area contributed by atoms with Crippen LogP contribution in [0.25, 0.3) is 0 Å². The summed E-state index contributed by atoms with van der Waals surface area (Å²) in [5.74, 6) is 1.45. The number of benzene rings is 1. The lowest BCUT2D eigenvalue weighted by Gasteiger charge is -2.34. The zero-order chi connectivity index (χ0) is 17.5. The Morgan fingerprint density at radius 1 is 1.25 bits per heavy atom. The summed E-state index contributed by atoms with van der Waals surface area (Å²) in [6, 6.07) is 6.50. The zero-order valence-corrected chi connectivity index (χ0v) is 14.3. The van der Waals surface area contributed by atoms with E-state index in [1.165, 1.54) is 18.6 Å². The van der Waals surface area contributed by atoms with Gasteiger partial charge < -0.3 is 10.1 Å². The summed E-state index contributed by atoms with van der Waals surface area (Å²) in [7, 11) is 0. The number of carbonyl (C=O) groups excluding carboxylic acids is 1. The van der Waals surface area contributed by atoms with Gasteiger partial charge >= 0.3 is 6.61 Å². The van der Waals surface area contributed by atoms with E-state index in [1.807, 2.05) is 0 Å². The standard InChI is InChI=1S/C18H26F2N2O2/c1-13-9-14(2)11-22(10-13)12-17(23)21-8-7-15-3-5-16(6-4-15)24-18(19)20/h3-6,13-14,18H,7-12H2,1-2H3,(H,21,23)/t13-,14-/m1/s1. The highest BCUT2D eigenvalue weighted by Crippen LogP contribution is 2.20. The summed E-state index contributed by atoms with van der Waals surface area (Å²) in [5.41, 5.74) is 0.970. The van der Waals surface area contributed by atoms with Gasteiger partial charge in [-0.3, -0.25) is 9.69 Å². The van der Waals surface area contributed by atoms with E-state index in [9.17, 15) is 13.6 Å². The van der Waals surface area contributed by atoms with Crippen molar-refractivity contribution in [2.75, 3.05) is 26.2 Å². The number of amides is 1. The maximum absolute atomic E-state index is 12.1. The van der Waals surface area contributed by atoms with Crippen LogP contribution in [0.1, 0.15) is 25.8 Å². The molecule has 1 aliphatic heterocycles. The van der Waals surface area contributed by atoms with Crippen LogP contribution in [0.3, 0.4) is 0 Å². The number of piperidine rings is 1. The first-order chi connectivity index (χ1) is 11.4. The van der Waals surface area contributed by atoms with E-state index in [0.717, 1.165) is 18.7 Å². The van der Waals surface area contributed by atoms with Crippen molar-refractivity contribution in [1.82, 2.24) is 10.2 Å². The molecule has 4 nitrogen and oxygen atoms in total. The van der Waals surface area contributed by atoms with Crippen LogP contribution < -0.4 is 10.1 Å². The van der Waals surface area contributed by atoms with Crippen LogP contribution in [-0.4, -0.2) is 43.6 Å². The Morgan fingerprint density at radius 3 is 2.46 bits per heavy atom. The van der Waals surface area contributed by atoms with Gasteiger partial charge in [-0.1, -0.05) is 26.0 Å². The van der Waals surface area contributed by atoms with E-state index in [0.29, 0.717) is 31.3 Å². The molecule has 0 spiro atoms. The molecule has 1 fully saturated rings. The number of hydrogen-bond donors (Lipinski definition) is 1. The number of nitrogens with zero attached hydrogens (tertiary/aromatic N) is 1. The van der Waals surface area contributed by atoms with Gasteiger partial charge in [-0.25, -0.2) is 0 Å². The van der Waals surface area contributed by atoms with Crippen molar-refractivity contribution >= 4 is 5.91 Å². The van der Waals surface area contributed by atoms with E-state index in [4.69, 9.17) is 0 Å². The third kappa shape index (κ3) is 6.43. The molecule has 0 radical (unpaired) electrons. The molecule has 134 valence electrons. The summed E-state index contributed by atoms with van der Waals surface area (Å²) in [6.07, 6.45) is 1.89. The summed E-state index contributed by atoms with van der Waals surface area (Å²) >= 11 is 0. The topological polar surface area (TPSA) is 41.6 Å². The number of likely N-dealkylation sites (tertiary alicyclic amines) is 1. The highest BCUT2D eigenvalue weighted by molar-refractivity contribution is 5.78. The molecule has 1 amide bonds. The minimum absolute atomic E-state index is 0.0361. The van der Waals surface area contributed by atoms with Crippen molar-refractivity contribution in [3.63, 3.8) is 0 Å². The molecular weight excluding hydrogens is 314 g/mol. The average molecular weight is 340 g/mol. The van der Waals surface area contributed by atoms with Gasteiger partial charge in [-0.15, -0.1) is 0 Å². The molecule has 0 bridgehead atoms. The van der Waals surface area contributed by atoms with Crippen molar-refractivity contribution in [3.8, 4) is 5.75 Å². The number of alkyl halides is 2. The van der Waals surface area contributed by atoms with Gasteiger partial charge in [0.05, 0.1) is 6.54 Å². The minimum Gasteiger partial charge on any atom is -0.435 e. The predicted octanol–water partition coefficient (Wildman–Crippen LogP) is 2.92. The molecule has 0 aromatic heterocycles. The summed E-state index contributed by atoms with van der Waals surface area (Å²) in [6.45, 7) is 4.56. The minimum atomic E-state index is -2.81. The third-order valence-electron chi connectivity index (χ3n) is 4.20. The van der Waals surface area contributed by atoms with Crippen molar-refractivity contribution in [2.45, 2.75) is 33.3 Å². The fourth-order valence-corrected chi connectivity index (χ4v) is 3.36. The maximum Gasteiger partial charge on any atom is 0.387 e. The van der Waals surface area contributed by atoms with Gasteiger partial charge in [0.2, 0.25) is 5.91 Å². The summed E-state index contributed by atoms with van der Waals surface area (Å²) < 4.78 is 28.5. The summed E-state index contributed by atoms with van der Waals surface area (Å²) in [4.78, 5) is 14.2. The van der Waals surface area contributed by atoms with E-state index >= 15 is 0 Å². The number of ether oxygens (including phenoxy) is 1. The number of halogens is 2. The second kappa shape index (κ2) is 8.97. The van der Waals surface area contributed by atoms with Crippen molar-refractivity contribution in [2.24, 2.45) is 11.8 Å². The van der Waals surface area contributed by atoms with Crippen LogP contribution in [0.15, 0.2) is 24.3 Å². The van der Waals surface area contributed by atoms with Crippen LogP contribution in [-0.2, 0) is 11.2 Å². The van der Waals surface area contributed by atoms with Gasteiger partial charge in [-0.2, -0.15) is 8.78 Å². The Bertz CT molecular complexity index is 512. The summed E-state index contributed by atoms with van der Waals surface area (Å²) in [5, 5.41) is 2.92. The van der Waals surface area contributed by atoms with Crippen molar-refractivity contribution < 1.29 is 18.3 Å². The number of carbonyl (C=O) groups is 1. The van der Waals surface area contributed by atoms with Crippen LogP contribution >= 0.6 is 0 Å². The fourth-order valence-electron chi connectivity index (χ4n) is 3.36. The molecular formula is C18H26F2N2O2. The van der Waals surface area contributed by atoms with Gasteiger partial charge in [0.1, 0.15) is 5.75 Å². The molecule has 2 atom stereocenters. The smallest absolute Gasteiger partial charge is 0.387 e. The Hall–Kier alpha value is -1.69. The molecule has 2 rings (SSSR count). The van der Waals surface area contributed by atoms with Crippen molar-refractivity contribution in [3.05, 3.63) is 29.8 Å². The number of hydrogen-bond acceptors (Lipinski definition) is 3. The van der Waals surface area contributed by atoms with Crippen molar-refractivity contribution in [1.29, 1.82) is 0 Å². The quantitative estimate of drug-likeness (QED) is 0.830. The lowest BCUT2D eigenvalue weighted by Crippen LogP contribution is -2.44. The zero-order valence-electron chi connectivity index (χ0n) is 14.3. The Morgan fingerprint density at radius 2 is 1.88 bits per heavy atom. The number of nitrogens with one attached hydrogen (secondary N) is 1. The Balaban J connectivity index is 1.68. The predicted molar refractivity (Wildman–Crippen MR) is 89.2 cm³/mol. The third-order valence-corrected chi connectivity index (χ3v) is 4.20. The second-order valence-corrected chi connectivity index (χ2v) is 6.76. The normalized spacial score (nSPS) is 21.7. The molecule has 24 heavy (non-hydrogen) atoms. The molecule has 6 heteroatoms. The Kier molecular flexibility index (Phi) is 6.97. The van der Waals surface area contributed by atoms with E-state index in [-0.39, 0.29) is 11.7 Å². The van der Waals surface area contributed by atoms with Crippen LogP contribution in [0, 0.1) is 11.8 Å². The van der Waals surface area contributed by atoms with E-state index in [1.54, 1.807) is 12.1 Å². The molecule has 0 saturated carbocycles. The highest BCUT2D eigenvalue weighted by atomic mass is 19.3. The van der Waals surface area contributed by atoms with Gasteiger partial charge in [-0.05, 0) is 42.4 Å². The molecule has 1 aromatic rings. The van der Waals surface area contributed by atoms with Crippen LogP contribution in [0.2, 0.25) is 0 Å². The molecule has 1 saturated heterocycles. The van der Waals surface area contributed by atoms with Crippen LogP contribution in [0.4, 0.5) is 8.78 Å². The average Bonchev–Trinajstić information content (AvgIpc) is 2.47. The largest absolute Gasteiger partial charge is 0.435 e. The molecule has 0 aliphatic carbocycles. The molecule has 0 unspecified atom stereocenters. The molecule has 1 N–H and O–H groups in total. The highest BCUT2D eigenvalue weighted by Gasteiger charge is 2.22. The first-order valence-electron chi connectivity index (χ1n) is 8.45. The van der Waals surface area contributed by atoms with E-state index in [2.05, 4.69) is 28.8 Å². The molecule has 1 aliphatic rings. The van der Waals surface area contributed by atoms with Gasteiger partial charge in [0.15, 0.2) is 0 Å². The Labute approximate surface area is 142 Å². The molecule has 1 heterocycles. The lowest BCUT2D eigenvalue weighted by molar-refractivity contribution is -0.122. The molecule has 1 aromatic carbocycles. The maximum atomic E-state index is 12.1. The monoisotopic (exact) mass is 340 g/mol. The first kappa shape index (κ1) is 18.6. The van der Waals surface area contributed by atoms with Crippen LogP contribution in [0.5, 0.6) is 5.75 Å². The lowest BCUT2D eigenvalue weighted by atomic mass is 9.92.